The average Bonchev–Trinajstić information content (AvgIpc) is 2.11. The van der Waals surface area contributed by atoms with Gasteiger partial charge in [0.05, 0.1) is 15.8 Å². The van der Waals surface area contributed by atoms with Gasteiger partial charge in [0.1, 0.15) is 0 Å². The molecule has 0 aromatic rings. The van der Waals surface area contributed by atoms with Gasteiger partial charge in [-0.05, 0) is 27.2 Å². The maximum absolute atomic E-state index is 6.10. The Kier molecular flexibility index (Phi) is 6.67. The van der Waals surface area contributed by atoms with E-state index in [4.69, 9.17) is 15.2 Å². The van der Waals surface area contributed by atoms with E-state index in [1.165, 1.54) is 12.8 Å². The zero-order chi connectivity index (χ0) is 11.9. The topological polar surface area (TPSA) is 44.5 Å². The molecule has 0 amide bonds. The fourth-order valence-corrected chi connectivity index (χ4v) is 1.80. The Morgan fingerprint density at radius 1 is 1.13 bits per heavy atom. The van der Waals surface area contributed by atoms with Gasteiger partial charge in [-0.15, -0.1) is 0 Å². The lowest BCUT2D eigenvalue weighted by Crippen LogP contribution is -2.60. The zero-order valence-electron chi connectivity index (χ0n) is 10.9. The van der Waals surface area contributed by atoms with Crippen molar-refractivity contribution in [2.24, 2.45) is 5.73 Å². The van der Waals surface area contributed by atoms with Crippen molar-refractivity contribution in [1.29, 1.82) is 0 Å². The Morgan fingerprint density at radius 3 is 2.13 bits per heavy atom. The molecule has 92 valence electrons. The van der Waals surface area contributed by atoms with Gasteiger partial charge in [0, 0.05) is 13.2 Å². The van der Waals surface area contributed by atoms with Crippen molar-refractivity contribution in [3.8, 4) is 0 Å². The molecule has 0 saturated heterocycles. The first-order valence-corrected chi connectivity index (χ1v) is 6.94. The minimum Gasteiger partial charge on any atom is -0.353 e. The molecule has 1 atom stereocenters. The quantitative estimate of drug-likeness (QED) is 0.386. The lowest BCUT2D eigenvalue weighted by atomic mass is 10.1. The second-order valence-electron chi connectivity index (χ2n) is 4.66. The minimum atomic E-state index is -0.546. The number of ether oxygens (including phenoxy) is 2. The van der Waals surface area contributed by atoms with Gasteiger partial charge in [0.15, 0.2) is 5.41 Å². The van der Waals surface area contributed by atoms with Crippen LogP contribution in [0.1, 0.15) is 47.0 Å². The summed E-state index contributed by atoms with van der Waals surface area (Å²) < 4.78 is 11.5. The summed E-state index contributed by atoms with van der Waals surface area (Å²) in [6.07, 6.45) is 3.50. The van der Waals surface area contributed by atoms with Crippen molar-refractivity contribution in [3.05, 3.63) is 0 Å². The van der Waals surface area contributed by atoms with E-state index in [0.29, 0.717) is 6.61 Å². The van der Waals surface area contributed by atoms with Crippen LogP contribution >= 0.6 is 0 Å². The van der Waals surface area contributed by atoms with E-state index in [1.807, 2.05) is 20.8 Å². The van der Waals surface area contributed by atoms with Gasteiger partial charge in [-0.25, -0.2) is 0 Å². The van der Waals surface area contributed by atoms with E-state index >= 15 is 0 Å². The highest BCUT2D eigenvalue weighted by atomic mass is 28.1. The van der Waals surface area contributed by atoms with Crippen LogP contribution in [0.15, 0.2) is 0 Å². The maximum Gasteiger partial charge on any atom is 0.158 e. The maximum atomic E-state index is 6.10. The highest BCUT2D eigenvalue weighted by Gasteiger charge is 2.39. The largest absolute Gasteiger partial charge is 0.353 e. The van der Waals surface area contributed by atoms with Crippen LogP contribution in [-0.2, 0) is 9.47 Å². The first kappa shape index (κ1) is 15.1. The third-order valence-corrected chi connectivity index (χ3v) is 4.58. The summed E-state index contributed by atoms with van der Waals surface area (Å²) in [5.74, 6) is 0. The SMILES string of the molecule is CCCCCOC([SiH3])(OCC)C(C)(C)N. The van der Waals surface area contributed by atoms with E-state index < -0.39 is 10.9 Å². The summed E-state index contributed by atoms with van der Waals surface area (Å²) >= 11 is 0. The predicted octanol–water partition coefficient (Wildman–Crippen LogP) is 0.986. The average molecular weight is 233 g/mol. The van der Waals surface area contributed by atoms with Gasteiger partial charge in [0.2, 0.25) is 0 Å². The smallest absolute Gasteiger partial charge is 0.158 e. The standard InChI is InChI=1S/C11H27NO2Si/c1-5-7-8-9-14-11(15,13-6-2)10(3,4)12/h5-9,12H2,1-4,15H3. The highest BCUT2D eigenvalue weighted by molar-refractivity contribution is 6.14. The van der Waals surface area contributed by atoms with Gasteiger partial charge >= 0.3 is 0 Å². The van der Waals surface area contributed by atoms with Crippen LogP contribution in [0.25, 0.3) is 0 Å². The predicted molar refractivity (Wildman–Crippen MR) is 68.0 cm³/mol. The molecule has 2 N–H and O–H groups in total. The number of nitrogens with two attached hydrogens (primary N) is 1. The molecule has 0 fully saturated rings. The Labute approximate surface area is 97.1 Å². The summed E-state index contributed by atoms with van der Waals surface area (Å²) in [6, 6.07) is 0. The monoisotopic (exact) mass is 233 g/mol. The molecule has 0 saturated carbocycles. The van der Waals surface area contributed by atoms with Gasteiger partial charge in [-0.1, -0.05) is 19.8 Å². The number of hydrogen-bond acceptors (Lipinski definition) is 3. The molecule has 0 aliphatic rings. The number of hydrogen-bond donors (Lipinski definition) is 1. The lowest BCUT2D eigenvalue weighted by Gasteiger charge is -2.41. The molecule has 0 aromatic heterocycles. The first-order valence-electron chi connectivity index (χ1n) is 5.94. The van der Waals surface area contributed by atoms with Crippen molar-refractivity contribution in [1.82, 2.24) is 0 Å². The van der Waals surface area contributed by atoms with Crippen LogP contribution in [0, 0.1) is 0 Å². The Hall–Kier alpha value is 0.0969. The summed E-state index contributed by atoms with van der Waals surface area (Å²) in [6.45, 7) is 9.50. The number of unbranched alkanes of at least 4 members (excludes halogenated alkanes) is 2. The second kappa shape index (κ2) is 6.63. The fraction of sp³-hybridized carbons (Fsp3) is 1.00. The molecular weight excluding hydrogens is 206 g/mol. The normalized spacial score (nSPS) is 16.6. The van der Waals surface area contributed by atoms with E-state index in [2.05, 4.69) is 6.92 Å². The number of rotatable bonds is 8. The second-order valence-corrected chi connectivity index (χ2v) is 5.97. The van der Waals surface area contributed by atoms with Gasteiger partial charge in [-0.3, -0.25) is 0 Å². The van der Waals surface area contributed by atoms with Crippen molar-refractivity contribution < 1.29 is 9.47 Å². The Morgan fingerprint density at radius 2 is 1.73 bits per heavy atom. The summed E-state index contributed by atoms with van der Waals surface area (Å²) in [5.41, 5.74) is 5.12. The molecule has 4 heteroatoms. The van der Waals surface area contributed by atoms with Crippen molar-refractivity contribution >= 4 is 10.2 Å². The van der Waals surface area contributed by atoms with E-state index in [-0.39, 0.29) is 0 Å². The van der Waals surface area contributed by atoms with Crippen LogP contribution in [-0.4, -0.2) is 34.4 Å². The van der Waals surface area contributed by atoms with E-state index in [9.17, 15) is 0 Å². The first-order chi connectivity index (χ1) is 6.87. The van der Waals surface area contributed by atoms with Crippen molar-refractivity contribution in [2.45, 2.75) is 57.9 Å². The molecule has 0 aromatic carbocycles. The van der Waals surface area contributed by atoms with Crippen molar-refractivity contribution in [2.75, 3.05) is 13.2 Å². The van der Waals surface area contributed by atoms with Crippen LogP contribution in [0.3, 0.4) is 0 Å². The zero-order valence-corrected chi connectivity index (χ0v) is 12.9. The van der Waals surface area contributed by atoms with Gasteiger partial charge in [0.25, 0.3) is 0 Å². The molecule has 0 radical (unpaired) electrons. The molecule has 0 heterocycles. The van der Waals surface area contributed by atoms with Gasteiger partial charge < -0.3 is 15.2 Å². The lowest BCUT2D eigenvalue weighted by molar-refractivity contribution is -0.208. The van der Waals surface area contributed by atoms with Gasteiger partial charge in [-0.2, -0.15) is 0 Å². The molecule has 0 bridgehead atoms. The fourth-order valence-electron chi connectivity index (χ4n) is 1.31. The summed E-state index contributed by atoms with van der Waals surface area (Å²) in [5, 5.41) is 0. The molecule has 15 heavy (non-hydrogen) atoms. The van der Waals surface area contributed by atoms with Crippen LogP contribution < -0.4 is 5.73 Å². The Balaban J connectivity index is 4.14. The molecule has 0 aliphatic heterocycles. The molecule has 0 aliphatic carbocycles. The molecule has 0 spiro atoms. The molecule has 0 rings (SSSR count). The van der Waals surface area contributed by atoms with Crippen molar-refractivity contribution in [3.63, 3.8) is 0 Å². The van der Waals surface area contributed by atoms with Crippen LogP contribution in [0.5, 0.6) is 0 Å². The van der Waals surface area contributed by atoms with E-state index in [1.54, 1.807) is 0 Å². The summed E-state index contributed by atoms with van der Waals surface area (Å²) in [7, 11) is 0.786. The molecular formula is C11H27NO2Si. The third-order valence-electron chi connectivity index (χ3n) is 2.72. The van der Waals surface area contributed by atoms with Crippen LogP contribution in [0.2, 0.25) is 0 Å². The van der Waals surface area contributed by atoms with E-state index in [0.717, 1.165) is 23.3 Å². The molecule has 1 unspecified atom stereocenters. The molecule has 3 nitrogen and oxygen atoms in total. The van der Waals surface area contributed by atoms with Crippen LogP contribution in [0.4, 0.5) is 0 Å². The highest BCUT2D eigenvalue weighted by Crippen LogP contribution is 2.22. The third kappa shape index (κ3) is 5.11. The summed E-state index contributed by atoms with van der Waals surface area (Å²) in [4.78, 5) is 0. The minimum absolute atomic E-state index is 0.429. The Bertz CT molecular complexity index is 170.